The van der Waals surface area contributed by atoms with Crippen molar-refractivity contribution in [2.75, 3.05) is 26.7 Å². The van der Waals surface area contributed by atoms with Gasteiger partial charge in [0.2, 0.25) is 17.8 Å². The molecule has 3 aromatic rings. The highest BCUT2D eigenvalue weighted by Gasteiger charge is 2.20. The highest BCUT2D eigenvalue weighted by molar-refractivity contribution is 5.86. The lowest BCUT2D eigenvalue weighted by molar-refractivity contribution is -0.139. The predicted molar refractivity (Wildman–Crippen MR) is 151 cm³/mol. The van der Waals surface area contributed by atoms with E-state index in [0.29, 0.717) is 25.2 Å². The van der Waals surface area contributed by atoms with Crippen LogP contribution in [0.25, 0.3) is 11.0 Å². The van der Waals surface area contributed by atoms with E-state index in [1.165, 1.54) is 0 Å². The molecular weight excluding hydrogens is 494 g/mol. The lowest BCUT2D eigenvalue weighted by Gasteiger charge is -2.24. The van der Waals surface area contributed by atoms with Gasteiger partial charge in [0.1, 0.15) is 11.3 Å². The largest absolute Gasteiger partial charge is 0.461 e. The van der Waals surface area contributed by atoms with Crippen molar-refractivity contribution in [3.63, 3.8) is 0 Å². The molecule has 0 radical (unpaired) electrons. The summed E-state index contributed by atoms with van der Waals surface area (Å²) in [6.07, 6.45) is 15.8. The number of benzene rings is 1. The summed E-state index contributed by atoms with van der Waals surface area (Å²) in [7, 11) is 1.79. The Morgan fingerprint density at radius 3 is 2.77 bits per heavy atom. The van der Waals surface area contributed by atoms with Gasteiger partial charge >= 0.3 is 0 Å². The minimum Gasteiger partial charge on any atom is -0.461 e. The van der Waals surface area contributed by atoms with Crippen LogP contribution < -0.4 is 11.1 Å². The first-order valence-electron chi connectivity index (χ1n) is 12.6. The number of guanidine groups is 1. The Bertz CT molecular complexity index is 1310. The minimum absolute atomic E-state index is 0.00109. The van der Waals surface area contributed by atoms with Crippen molar-refractivity contribution in [2.45, 2.75) is 39.0 Å². The lowest BCUT2D eigenvalue weighted by Crippen LogP contribution is -2.41. The number of hydrogen-bond acceptors (Lipinski definition) is 6. The van der Waals surface area contributed by atoms with Gasteiger partial charge in [-0.05, 0) is 56.2 Å². The number of carbonyl (C=O) groups excluding carboxylic acids is 2. The zero-order valence-corrected chi connectivity index (χ0v) is 22.5. The third kappa shape index (κ3) is 10.2. The summed E-state index contributed by atoms with van der Waals surface area (Å²) in [6.45, 7) is 3.42. The zero-order chi connectivity index (χ0) is 28.6. The van der Waals surface area contributed by atoms with Gasteiger partial charge < -0.3 is 20.0 Å². The second kappa shape index (κ2) is 16.1. The molecule has 1 aliphatic rings. The minimum atomic E-state index is 0.00109. The van der Waals surface area contributed by atoms with Gasteiger partial charge in [0.25, 0.3) is 0 Å². The quantitative estimate of drug-likeness (QED) is 0.164. The van der Waals surface area contributed by atoms with Crippen LogP contribution in [0.2, 0.25) is 0 Å². The Morgan fingerprint density at radius 2 is 2.05 bits per heavy atom. The first-order chi connectivity index (χ1) is 18.9. The highest BCUT2D eigenvalue weighted by atomic mass is 16.3. The third-order valence-electron chi connectivity index (χ3n) is 5.91. The standard InChI is InChI=1S/C16H23N3O2.C11H10N4O.C2H2/c1-18(12-9-14-7-4-5-10-17-14)16(21)13-19-11-6-2-3-8-15(19)20;1-7-4-8-5-9(2-3-10(8)16-7)15-11(13)14-6-12;1-2/h4-5,7,10H,2-3,6,8-9,11-13H2,1H3;2-5H,1H3,(H3,13,14,15);1-2H. The second-order valence-corrected chi connectivity index (χ2v) is 8.83. The number of terminal acetylenes is 1. The molecular formula is C29H35N7O3. The van der Waals surface area contributed by atoms with Crippen LogP contribution in [0.1, 0.15) is 37.1 Å². The van der Waals surface area contributed by atoms with Crippen molar-refractivity contribution < 1.29 is 14.0 Å². The number of pyridine rings is 1. The smallest absolute Gasteiger partial charge is 0.241 e. The molecule has 39 heavy (non-hydrogen) atoms. The number of fused-ring (bicyclic) bond motifs is 1. The van der Waals surface area contributed by atoms with Gasteiger partial charge in [0, 0.05) is 50.3 Å². The summed E-state index contributed by atoms with van der Waals surface area (Å²) in [4.78, 5) is 35.8. The molecule has 0 aliphatic carbocycles. The summed E-state index contributed by atoms with van der Waals surface area (Å²) in [6, 6.07) is 13.1. The number of rotatable bonds is 6. The maximum Gasteiger partial charge on any atom is 0.241 e. The maximum absolute atomic E-state index is 12.2. The number of aryl methyl sites for hydroxylation is 1. The molecule has 1 aromatic carbocycles. The lowest BCUT2D eigenvalue weighted by atomic mass is 10.2. The van der Waals surface area contributed by atoms with E-state index < -0.39 is 0 Å². The maximum atomic E-state index is 12.2. The number of nitrogens with one attached hydrogen (secondary N) is 1. The topological polar surface area (TPSA) is 141 Å². The number of carbonyl (C=O) groups is 2. The number of hydrogen-bond donors (Lipinski definition) is 2. The number of furan rings is 1. The Kier molecular flexibility index (Phi) is 12.6. The van der Waals surface area contributed by atoms with E-state index in [9.17, 15) is 9.59 Å². The number of likely N-dealkylation sites (N-methyl/N-ethyl adjacent to an activating group) is 1. The average Bonchev–Trinajstić information content (AvgIpc) is 3.19. The summed E-state index contributed by atoms with van der Waals surface area (Å²) in [5, 5.41) is 11.6. The first-order valence-corrected chi connectivity index (χ1v) is 12.6. The van der Waals surface area contributed by atoms with Gasteiger partial charge in [-0.25, -0.2) is 4.99 Å². The van der Waals surface area contributed by atoms with Gasteiger partial charge in [-0.15, -0.1) is 12.8 Å². The number of amides is 2. The molecule has 2 amide bonds. The van der Waals surface area contributed by atoms with Crippen molar-refractivity contribution >= 4 is 34.4 Å². The Morgan fingerprint density at radius 1 is 1.26 bits per heavy atom. The second-order valence-electron chi connectivity index (χ2n) is 8.83. The summed E-state index contributed by atoms with van der Waals surface area (Å²) < 4.78 is 5.43. The van der Waals surface area contributed by atoms with Gasteiger partial charge in [0.05, 0.1) is 12.2 Å². The fraction of sp³-hybridized carbons (Fsp3) is 0.345. The van der Waals surface area contributed by atoms with Crippen LogP contribution in [0.4, 0.5) is 5.69 Å². The van der Waals surface area contributed by atoms with Crippen LogP contribution in [0.15, 0.2) is 58.1 Å². The molecule has 2 aromatic heterocycles. The van der Waals surface area contributed by atoms with E-state index >= 15 is 0 Å². The van der Waals surface area contributed by atoms with Crippen LogP contribution in [0.5, 0.6) is 0 Å². The zero-order valence-electron chi connectivity index (χ0n) is 22.5. The molecule has 0 unspecified atom stereocenters. The van der Waals surface area contributed by atoms with Crippen molar-refractivity contribution in [2.24, 2.45) is 10.7 Å². The van der Waals surface area contributed by atoms with E-state index in [1.807, 2.05) is 43.3 Å². The van der Waals surface area contributed by atoms with Crippen LogP contribution in [-0.2, 0) is 16.0 Å². The SMILES string of the molecule is C#C.CN(CCc1ccccn1)C(=O)CN1CCCCCC1=O.Cc1cc2cc(N=C(N)NC#N)ccc2o1. The summed E-state index contributed by atoms with van der Waals surface area (Å²) in [5.41, 5.74) is 7.92. The van der Waals surface area contributed by atoms with Gasteiger partial charge in [0.15, 0.2) is 6.19 Å². The van der Waals surface area contributed by atoms with Crippen LogP contribution in [0.3, 0.4) is 0 Å². The molecule has 10 nitrogen and oxygen atoms in total. The summed E-state index contributed by atoms with van der Waals surface area (Å²) >= 11 is 0. The van der Waals surface area contributed by atoms with Gasteiger partial charge in [-0.1, -0.05) is 12.5 Å². The number of aromatic nitrogens is 1. The molecule has 0 bridgehead atoms. The number of nitriles is 1. The Balaban J connectivity index is 0.000000265. The number of likely N-dealkylation sites (tertiary alicyclic amines) is 1. The van der Waals surface area contributed by atoms with E-state index in [1.54, 1.807) is 35.3 Å². The molecule has 0 atom stereocenters. The normalized spacial score (nSPS) is 13.2. The molecule has 3 N–H and O–H groups in total. The summed E-state index contributed by atoms with van der Waals surface area (Å²) in [5.74, 6) is 1.03. The molecule has 0 saturated carbocycles. The Labute approximate surface area is 229 Å². The van der Waals surface area contributed by atoms with Crippen molar-refractivity contribution in [3.8, 4) is 19.0 Å². The van der Waals surface area contributed by atoms with Crippen molar-refractivity contribution in [3.05, 3.63) is 60.1 Å². The molecule has 0 spiro atoms. The number of nitrogens with two attached hydrogens (primary N) is 1. The molecule has 1 saturated heterocycles. The number of aliphatic imine (C=N–C) groups is 1. The predicted octanol–water partition coefficient (Wildman–Crippen LogP) is 3.49. The van der Waals surface area contributed by atoms with Crippen molar-refractivity contribution in [1.29, 1.82) is 5.26 Å². The van der Waals surface area contributed by atoms with Crippen LogP contribution in [0, 0.1) is 31.2 Å². The Hall–Kier alpha value is -4.83. The third-order valence-corrected chi connectivity index (χ3v) is 5.91. The van der Waals surface area contributed by atoms with Crippen LogP contribution >= 0.6 is 0 Å². The average molecular weight is 530 g/mol. The highest BCUT2D eigenvalue weighted by Crippen LogP contribution is 2.24. The van der Waals surface area contributed by atoms with Gasteiger partial charge in [-0.3, -0.25) is 19.9 Å². The van der Waals surface area contributed by atoms with E-state index in [4.69, 9.17) is 15.4 Å². The fourth-order valence-corrected chi connectivity index (χ4v) is 3.90. The molecule has 204 valence electrons. The van der Waals surface area contributed by atoms with E-state index in [2.05, 4.69) is 28.1 Å². The van der Waals surface area contributed by atoms with Crippen molar-refractivity contribution in [1.82, 2.24) is 20.1 Å². The van der Waals surface area contributed by atoms with Gasteiger partial charge in [-0.2, -0.15) is 5.26 Å². The van der Waals surface area contributed by atoms with E-state index in [-0.39, 0.29) is 24.3 Å². The molecule has 4 rings (SSSR count). The molecule has 1 fully saturated rings. The fourth-order valence-electron chi connectivity index (χ4n) is 3.90. The van der Waals surface area contributed by atoms with Crippen LogP contribution in [-0.4, -0.2) is 59.2 Å². The number of nitrogens with zero attached hydrogens (tertiary/aromatic N) is 5. The molecule has 10 heteroatoms. The molecule has 1 aliphatic heterocycles. The monoisotopic (exact) mass is 529 g/mol. The molecule has 3 heterocycles. The first kappa shape index (κ1) is 30.4. The van der Waals surface area contributed by atoms with E-state index in [0.717, 1.165) is 48.1 Å².